The van der Waals surface area contributed by atoms with Gasteiger partial charge in [0.25, 0.3) is 0 Å². The molecule has 0 unspecified atom stereocenters. The third kappa shape index (κ3) is 5.71. The monoisotopic (exact) mass is 237 g/mol. The molecule has 0 saturated carbocycles. The van der Waals surface area contributed by atoms with E-state index in [1.807, 2.05) is 12.1 Å². The highest BCUT2D eigenvalue weighted by molar-refractivity contribution is 5.16. The number of unbranched alkanes of at least 4 members (excludes halogenated alkanes) is 1. The summed E-state index contributed by atoms with van der Waals surface area (Å²) in [5.41, 5.74) is 1.18. The zero-order valence-electron chi connectivity index (χ0n) is 10.9. The van der Waals surface area contributed by atoms with Crippen LogP contribution in [-0.4, -0.2) is 12.6 Å². The van der Waals surface area contributed by atoms with Crippen LogP contribution in [0.2, 0.25) is 0 Å². The molecule has 3 nitrogen and oxygen atoms in total. The fraction of sp³-hybridized carbons (Fsp3) is 0.571. The molecule has 0 spiro atoms. The van der Waals surface area contributed by atoms with E-state index in [9.17, 15) is 0 Å². The van der Waals surface area contributed by atoms with Gasteiger partial charge in [0.05, 0.1) is 6.26 Å². The molecule has 0 radical (unpaired) electrons. The van der Waals surface area contributed by atoms with Gasteiger partial charge in [0.2, 0.25) is 0 Å². The first-order chi connectivity index (χ1) is 8.24. The lowest BCUT2D eigenvalue weighted by Crippen LogP contribution is -2.22. The molecule has 0 aromatic carbocycles. The average Bonchev–Trinajstić information content (AvgIpc) is 2.73. The van der Waals surface area contributed by atoms with E-state index in [0.29, 0.717) is 12.6 Å². The third-order valence-electron chi connectivity index (χ3n) is 2.47. The van der Waals surface area contributed by atoms with Crippen LogP contribution < -0.4 is 5.32 Å². The standard InChI is InChI=1S/C14H23NO2/c1-4-5-6-8-16-11-14-13(7-9-17-14)10-15-12(2)3/h4,7,9,12,15H,1,5-6,8,10-11H2,2-3H3. The quantitative estimate of drug-likeness (QED) is 0.529. The van der Waals surface area contributed by atoms with Crippen molar-refractivity contribution >= 4 is 0 Å². The maximum absolute atomic E-state index is 5.56. The van der Waals surface area contributed by atoms with Crippen LogP contribution in [-0.2, 0) is 17.9 Å². The van der Waals surface area contributed by atoms with Gasteiger partial charge in [-0.15, -0.1) is 6.58 Å². The summed E-state index contributed by atoms with van der Waals surface area (Å²) < 4.78 is 11.0. The first kappa shape index (κ1) is 14.0. The van der Waals surface area contributed by atoms with Gasteiger partial charge in [0.1, 0.15) is 12.4 Å². The van der Waals surface area contributed by atoms with E-state index in [-0.39, 0.29) is 0 Å². The van der Waals surface area contributed by atoms with Gasteiger partial charge >= 0.3 is 0 Å². The molecule has 1 rings (SSSR count). The summed E-state index contributed by atoms with van der Waals surface area (Å²) in [4.78, 5) is 0. The summed E-state index contributed by atoms with van der Waals surface area (Å²) >= 11 is 0. The lowest BCUT2D eigenvalue weighted by atomic mass is 10.2. The predicted octanol–water partition coefficient (Wildman–Crippen LogP) is 3.26. The number of nitrogens with one attached hydrogen (secondary N) is 1. The number of furan rings is 1. The molecule has 1 aromatic rings. The number of hydrogen-bond donors (Lipinski definition) is 1. The lowest BCUT2D eigenvalue weighted by molar-refractivity contribution is 0.104. The molecule has 0 atom stereocenters. The molecule has 0 bridgehead atoms. The van der Waals surface area contributed by atoms with E-state index < -0.39 is 0 Å². The van der Waals surface area contributed by atoms with Crippen LogP contribution in [0.15, 0.2) is 29.4 Å². The van der Waals surface area contributed by atoms with Crippen LogP contribution in [0.4, 0.5) is 0 Å². The maximum Gasteiger partial charge on any atom is 0.133 e. The molecule has 0 saturated heterocycles. The van der Waals surface area contributed by atoms with Gasteiger partial charge in [-0.3, -0.25) is 0 Å². The lowest BCUT2D eigenvalue weighted by Gasteiger charge is -2.08. The minimum absolute atomic E-state index is 0.478. The van der Waals surface area contributed by atoms with Crippen molar-refractivity contribution in [3.05, 3.63) is 36.3 Å². The molecule has 17 heavy (non-hydrogen) atoms. The Balaban J connectivity index is 2.27. The van der Waals surface area contributed by atoms with Crippen LogP contribution in [0.25, 0.3) is 0 Å². The number of rotatable bonds is 9. The third-order valence-corrected chi connectivity index (χ3v) is 2.47. The first-order valence-electron chi connectivity index (χ1n) is 6.21. The minimum Gasteiger partial charge on any atom is -0.467 e. The Morgan fingerprint density at radius 3 is 3.06 bits per heavy atom. The van der Waals surface area contributed by atoms with Crippen molar-refractivity contribution in [1.29, 1.82) is 0 Å². The summed E-state index contributed by atoms with van der Waals surface area (Å²) in [5, 5.41) is 3.37. The Hall–Kier alpha value is -1.06. The summed E-state index contributed by atoms with van der Waals surface area (Å²) in [6.45, 7) is 10.1. The van der Waals surface area contributed by atoms with Gasteiger partial charge in [-0.25, -0.2) is 0 Å². The van der Waals surface area contributed by atoms with Gasteiger partial charge in [-0.2, -0.15) is 0 Å². The summed E-state index contributed by atoms with van der Waals surface area (Å²) in [6.07, 6.45) is 5.65. The Bertz CT molecular complexity index is 318. The van der Waals surface area contributed by atoms with Crippen LogP contribution in [0.3, 0.4) is 0 Å². The smallest absolute Gasteiger partial charge is 0.133 e. The molecule has 0 aliphatic carbocycles. The van der Waals surface area contributed by atoms with Crippen LogP contribution in [0, 0.1) is 0 Å². The minimum atomic E-state index is 0.478. The highest BCUT2D eigenvalue weighted by Gasteiger charge is 2.06. The predicted molar refractivity (Wildman–Crippen MR) is 69.8 cm³/mol. The molecule has 1 N–H and O–H groups in total. The summed E-state index contributed by atoms with van der Waals surface area (Å²) in [5.74, 6) is 0.928. The first-order valence-corrected chi connectivity index (χ1v) is 6.21. The molecular weight excluding hydrogens is 214 g/mol. The molecule has 96 valence electrons. The molecule has 0 aliphatic heterocycles. The van der Waals surface area contributed by atoms with E-state index in [1.54, 1.807) is 6.26 Å². The second kappa shape index (κ2) is 8.09. The average molecular weight is 237 g/mol. The highest BCUT2D eigenvalue weighted by Crippen LogP contribution is 2.12. The van der Waals surface area contributed by atoms with Crippen molar-refractivity contribution in [1.82, 2.24) is 5.32 Å². The number of allylic oxidation sites excluding steroid dienone is 1. The Morgan fingerprint density at radius 2 is 2.35 bits per heavy atom. The Morgan fingerprint density at radius 1 is 1.53 bits per heavy atom. The van der Waals surface area contributed by atoms with Crippen molar-refractivity contribution in [2.45, 2.75) is 45.9 Å². The molecule has 1 aromatic heterocycles. The van der Waals surface area contributed by atoms with E-state index in [1.165, 1.54) is 5.56 Å². The van der Waals surface area contributed by atoms with Crippen molar-refractivity contribution in [2.24, 2.45) is 0 Å². The van der Waals surface area contributed by atoms with Gasteiger partial charge in [-0.1, -0.05) is 19.9 Å². The van der Waals surface area contributed by atoms with E-state index in [0.717, 1.165) is 31.8 Å². The topological polar surface area (TPSA) is 34.4 Å². The van der Waals surface area contributed by atoms with Gasteiger partial charge < -0.3 is 14.5 Å². The second-order valence-electron chi connectivity index (χ2n) is 4.39. The SMILES string of the molecule is C=CCCCOCc1occc1CNC(C)C. The normalized spacial score (nSPS) is 11.0. The maximum atomic E-state index is 5.56. The van der Waals surface area contributed by atoms with Gasteiger partial charge in [0, 0.05) is 24.8 Å². The molecule has 3 heteroatoms. The van der Waals surface area contributed by atoms with Gasteiger partial charge in [0.15, 0.2) is 0 Å². The van der Waals surface area contributed by atoms with Gasteiger partial charge in [-0.05, 0) is 18.9 Å². The zero-order chi connectivity index (χ0) is 12.5. The molecule has 0 fully saturated rings. The molecule has 0 aliphatic rings. The Kier molecular flexibility index (Phi) is 6.67. The highest BCUT2D eigenvalue weighted by atomic mass is 16.5. The molecule has 0 amide bonds. The zero-order valence-corrected chi connectivity index (χ0v) is 10.9. The van der Waals surface area contributed by atoms with E-state index in [4.69, 9.17) is 9.15 Å². The van der Waals surface area contributed by atoms with Crippen molar-refractivity contribution in [3.63, 3.8) is 0 Å². The van der Waals surface area contributed by atoms with Crippen LogP contribution >= 0.6 is 0 Å². The van der Waals surface area contributed by atoms with Crippen molar-refractivity contribution < 1.29 is 9.15 Å². The Labute approximate surface area is 104 Å². The van der Waals surface area contributed by atoms with Crippen LogP contribution in [0.5, 0.6) is 0 Å². The molecule has 1 heterocycles. The summed E-state index contributed by atoms with van der Waals surface area (Å²) in [7, 11) is 0. The van der Waals surface area contributed by atoms with E-state index in [2.05, 4.69) is 25.7 Å². The summed E-state index contributed by atoms with van der Waals surface area (Å²) in [6, 6.07) is 2.48. The van der Waals surface area contributed by atoms with Crippen LogP contribution in [0.1, 0.15) is 38.0 Å². The van der Waals surface area contributed by atoms with Crippen molar-refractivity contribution in [2.75, 3.05) is 6.61 Å². The van der Waals surface area contributed by atoms with E-state index >= 15 is 0 Å². The molecular formula is C14H23NO2. The number of ether oxygens (including phenoxy) is 1. The fourth-order valence-corrected chi connectivity index (χ4v) is 1.46. The fourth-order valence-electron chi connectivity index (χ4n) is 1.46. The second-order valence-corrected chi connectivity index (χ2v) is 4.39. The number of hydrogen-bond acceptors (Lipinski definition) is 3. The largest absolute Gasteiger partial charge is 0.467 e. The van der Waals surface area contributed by atoms with Crippen molar-refractivity contribution in [3.8, 4) is 0 Å².